The monoisotopic (exact) mass is 993 g/mol. The minimum atomic E-state index is -0.912. The topological polar surface area (TPSA) is 60.7 Å². The first-order valence-corrected chi connectivity index (χ1v) is 32.5. The number of rotatable bonds is 24. The summed E-state index contributed by atoms with van der Waals surface area (Å²) in [4.78, 5) is 0. The summed E-state index contributed by atoms with van der Waals surface area (Å²) in [5, 5.41) is 35.8. The molecule has 0 aromatic rings. The highest BCUT2D eigenvalue weighted by molar-refractivity contribution is 5.27. The van der Waals surface area contributed by atoms with Gasteiger partial charge in [0.2, 0.25) is 0 Å². The zero-order valence-electron chi connectivity index (χ0n) is 48.7. The molecule has 0 aromatic heterocycles. The molecule has 0 heterocycles. The van der Waals surface area contributed by atoms with Gasteiger partial charge in [0.05, 0.1) is 6.10 Å². The van der Waals surface area contributed by atoms with Gasteiger partial charge in [0, 0.05) is 0 Å². The summed E-state index contributed by atoms with van der Waals surface area (Å²) in [6, 6.07) is 0. The molecule has 410 valence electrons. The highest BCUT2D eigenvalue weighted by atomic mass is 16.3. The molecular weight excluding hydrogens is 877 g/mol. The second-order valence-electron chi connectivity index (χ2n) is 30.4. The van der Waals surface area contributed by atoms with Crippen molar-refractivity contribution in [2.45, 2.75) is 273 Å². The molecule has 3 heteroatoms. The molecule has 0 aliphatic heterocycles. The molecular formula is C69H116O3. The Bertz CT molecular complexity index is 1800. The molecule has 0 aromatic carbocycles. The molecule has 0 amide bonds. The number of allylic oxidation sites excluding steroid dienone is 2. The average Bonchev–Trinajstić information content (AvgIpc) is 4.14. The summed E-state index contributed by atoms with van der Waals surface area (Å²) in [6.07, 6.45) is 39.4. The van der Waals surface area contributed by atoms with Crippen molar-refractivity contribution in [1.82, 2.24) is 0 Å². The summed E-state index contributed by atoms with van der Waals surface area (Å²) in [5.74, 6) is 14.1. The Balaban J connectivity index is 0.787. The van der Waals surface area contributed by atoms with Gasteiger partial charge < -0.3 is 15.3 Å². The minimum absolute atomic E-state index is 0.0650. The molecule has 8 fully saturated rings. The summed E-state index contributed by atoms with van der Waals surface area (Å²) in [7, 11) is 0. The fourth-order valence-corrected chi connectivity index (χ4v) is 19.8. The number of aliphatic hydroxyl groups is 3. The summed E-state index contributed by atoms with van der Waals surface area (Å²) >= 11 is 0. The summed E-state index contributed by atoms with van der Waals surface area (Å²) < 4.78 is 0. The van der Waals surface area contributed by atoms with Gasteiger partial charge in [-0.3, -0.25) is 0 Å². The lowest BCUT2D eigenvalue weighted by Gasteiger charge is -2.50. The Labute approximate surface area is 445 Å². The van der Waals surface area contributed by atoms with Gasteiger partial charge in [0.15, 0.2) is 0 Å². The molecule has 3 N–H and O–H groups in total. The molecule has 72 heavy (non-hydrogen) atoms. The first kappa shape index (κ1) is 55.8. The van der Waals surface area contributed by atoms with Crippen LogP contribution < -0.4 is 0 Å². The van der Waals surface area contributed by atoms with Crippen LogP contribution in [-0.4, -0.2) is 33.6 Å². The van der Waals surface area contributed by atoms with E-state index in [1.54, 1.807) is 5.57 Å². The Morgan fingerprint density at radius 1 is 0.694 bits per heavy atom. The summed E-state index contributed by atoms with van der Waals surface area (Å²) in [5.41, 5.74) is 4.38. The van der Waals surface area contributed by atoms with E-state index >= 15 is 0 Å². The molecule has 9 aliphatic rings. The molecule has 8 saturated carbocycles. The van der Waals surface area contributed by atoms with Crippen molar-refractivity contribution < 1.29 is 15.3 Å². The third-order valence-electron chi connectivity index (χ3n) is 25.0. The molecule has 3 nitrogen and oxygen atoms in total. The van der Waals surface area contributed by atoms with Crippen molar-refractivity contribution in [3.63, 3.8) is 0 Å². The molecule has 0 radical (unpaired) electrons. The van der Waals surface area contributed by atoms with Crippen molar-refractivity contribution in [3.8, 4) is 0 Å². The second kappa shape index (κ2) is 23.2. The lowest BCUT2D eigenvalue weighted by atomic mass is 9.55. The maximum atomic E-state index is 12.3. The molecule has 0 spiro atoms. The fraction of sp³-hybridized carbons (Fsp3) is 0.913. The SMILES string of the molecule is C=C(CCCC1CCC(C2CC2CC)CC1)C(O)C(O)C1=CC(C)(C)C(C2CC2)C(CC(O)C2CCC(CC3CC(C4CC4CC(C)(C)CC)C(C)C(C(=C)C4(C5CCC(CCC)CC5)CC4)C3C)CC2)C1. The van der Waals surface area contributed by atoms with Gasteiger partial charge in [0.25, 0.3) is 0 Å². The zero-order chi connectivity index (χ0) is 51.3. The van der Waals surface area contributed by atoms with Crippen molar-refractivity contribution in [1.29, 1.82) is 0 Å². The number of aliphatic hydroxyl groups excluding tert-OH is 3. The highest BCUT2D eigenvalue weighted by Gasteiger charge is 2.59. The van der Waals surface area contributed by atoms with E-state index in [1.807, 2.05) is 0 Å². The standard InChI is InChI=1S/C69H116O3/c1-12-16-47-23-31-58(32-24-47)69(33-34-69)46(7)63-44(5)54(38-59(45(63)6)61-39-56(61)41-67(8,9)14-3)35-49-21-27-52(28-22-49)62(70)40-55-36-57(42-68(10,11)64(55)53-29-30-53)66(72)65(71)43(4)17-15-18-48-19-25-51(26-20-48)60-37-50(60)13-2/h42,44-45,47-56,58-66,70-72H,4,7,12-41H2,1-3,5-6,8-11H3. The van der Waals surface area contributed by atoms with Crippen molar-refractivity contribution in [2.24, 2.45) is 123 Å². The van der Waals surface area contributed by atoms with Crippen LogP contribution in [0.25, 0.3) is 0 Å². The number of hydrogen-bond donors (Lipinski definition) is 3. The van der Waals surface area contributed by atoms with E-state index < -0.39 is 12.2 Å². The van der Waals surface area contributed by atoms with E-state index in [0.29, 0.717) is 34.5 Å². The molecule has 0 bridgehead atoms. The normalized spacial score (nSPS) is 41.9. The van der Waals surface area contributed by atoms with Gasteiger partial charge in [-0.05, 0) is 256 Å². The van der Waals surface area contributed by atoms with E-state index in [9.17, 15) is 15.3 Å². The van der Waals surface area contributed by atoms with Crippen molar-refractivity contribution >= 4 is 0 Å². The molecule has 9 rings (SSSR count). The maximum Gasteiger partial charge on any atom is 0.105 e. The van der Waals surface area contributed by atoms with E-state index in [1.165, 1.54) is 167 Å². The van der Waals surface area contributed by atoms with Crippen LogP contribution in [0.5, 0.6) is 0 Å². The number of hydrogen-bond acceptors (Lipinski definition) is 3. The van der Waals surface area contributed by atoms with Crippen LogP contribution in [-0.2, 0) is 0 Å². The van der Waals surface area contributed by atoms with Gasteiger partial charge in [-0.2, -0.15) is 0 Å². The lowest BCUT2D eigenvalue weighted by molar-refractivity contribution is 0.00660. The summed E-state index contributed by atoms with van der Waals surface area (Å²) in [6.45, 7) is 32.0. The Hall–Kier alpha value is -0.900. The average molecular weight is 994 g/mol. The Morgan fingerprint density at radius 2 is 1.31 bits per heavy atom. The van der Waals surface area contributed by atoms with E-state index in [4.69, 9.17) is 6.58 Å². The first-order chi connectivity index (χ1) is 34.4. The smallest absolute Gasteiger partial charge is 0.105 e. The molecule has 14 atom stereocenters. The van der Waals surface area contributed by atoms with Crippen molar-refractivity contribution in [2.75, 3.05) is 0 Å². The first-order valence-electron chi connectivity index (χ1n) is 32.5. The van der Waals surface area contributed by atoms with Crippen LogP contribution in [0.15, 0.2) is 36.0 Å². The lowest BCUT2D eigenvalue weighted by Crippen LogP contribution is -2.43. The van der Waals surface area contributed by atoms with Crippen LogP contribution in [0.1, 0.15) is 255 Å². The highest BCUT2D eigenvalue weighted by Crippen LogP contribution is 2.68. The van der Waals surface area contributed by atoms with Crippen molar-refractivity contribution in [3.05, 3.63) is 36.0 Å². The third kappa shape index (κ3) is 12.7. The predicted octanol–water partition coefficient (Wildman–Crippen LogP) is 18.2. The van der Waals surface area contributed by atoms with Crippen LogP contribution in [0.2, 0.25) is 0 Å². The van der Waals surface area contributed by atoms with Crippen LogP contribution in [0.3, 0.4) is 0 Å². The second-order valence-corrected chi connectivity index (χ2v) is 30.4. The van der Waals surface area contributed by atoms with Gasteiger partial charge in [-0.25, -0.2) is 0 Å². The van der Waals surface area contributed by atoms with Gasteiger partial charge in [-0.1, -0.05) is 158 Å². The van der Waals surface area contributed by atoms with Gasteiger partial charge in [0.1, 0.15) is 12.2 Å². The molecule has 14 unspecified atom stereocenters. The quantitative estimate of drug-likeness (QED) is 0.0845. The Morgan fingerprint density at radius 3 is 1.92 bits per heavy atom. The third-order valence-corrected chi connectivity index (χ3v) is 25.0. The molecule has 9 aliphatic carbocycles. The maximum absolute atomic E-state index is 12.3. The zero-order valence-corrected chi connectivity index (χ0v) is 48.7. The van der Waals surface area contributed by atoms with Gasteiger partial charge in [-0.15, -0.1) is 0 Å². The van der Waals surface area contributed by atoms with E-state index in [-0.39, 0.29) is 11.5 Å². The van der Waals surface area contributed by atoms with Gasteiger partial charge >= 0.3 is 0 Å². The molecule has 0 saturated heterocycles. The van der Waals surface area contributed by atoms with Crippen LogP contribution >= 0.6 is 0 Å². The fourth-order valence-electron chi connectivity index (χ4n) is 19.8. The minimum Gasteiger partial charge on any atom is -0.393 e. The van der Waals surface area contributed by atoms with E-state index in [0.717, 1.165) is 120 Å². The largest absolute Gasteiger partial charge is 0.393 e. The van der Waals surface area contributed by atoms with Crippen LogP contribution in [0, 0.1) is 123 Å². The predicted molar refractivity (Wildman–Crippen MR) is 304 cm³/mol. The van der Waals surface area contributed by atoms with E-state index in [2.05, 4.69) is 75.0 Å². The van der Waals surface area contributed by atoms with Crippen LogP contribution in [0.4, 0.5) is 0 Å². The Kier molecular flexibility index (Phi) is 18.0.